The van der Waals surface area contributed by atoms with Crippen LogP contribution in [0.4, 0.5) is 0 Å². The van der Waals surface area contributed by atoms with Gasteiger partial charge in [-0.15, -0.1) is 0 Å². The number of nitrogens with zero attached hydrogens (tertiary/aromatic N) is 1. The van der Waals surface area contributed by atoms with Crippen molar-refractivity contribution in [1.82, 2.24) is 5.32 Å². The van der Waals surface area contributed by atoms with E-state index in [4.69, 9.17) is 4.74 Å². The molecule has 19 heavy (non-hydrogen) atoms. The summed E-state index contributed by atoms with van der Waals surface area (Å²) in [5.41, 5.74) is 1.25. The second kappa shape index (κ2) is 6.48. The summed E-state index contributed by atoms with van der Waals surface area (Å²) in [6.07, 6.45) is 6.17. The van der Waals surface area contributed by atoms with Crippen molar-refractivity contribution in [1.29, 1.82) is 0 Å². The first-order chi connectivity index (χ1) is 9.06. The molecule has 1 saturated carbocycles. The van der Waals surface area contributed by atoms with Crippen LogP contribution in [0.5, 0.6) is 0 Å². The Balaban J connectivity index is 1.76. The molecule has 1 aliphatic carbocycles. The largest absolute Gasteiger partial charge is 0.360 e. The Morgan fingerprint density at radius 3 is 2.74 bits per heavy atom. The molecule has 2 aliphatic rings. The number of allylic oxidation sites excluding steroid dienone is 1. The summed E-state index contributed by atoms with van der Waals surface area (Å²) < 4.78 is 6.07. The van der Waals surface area contributed by atoms with E-state index in [1.54, 1.807) is 0 Å². The third kappa shape index (κ3) is 4.01. The fourth-order valence-corrected chi connectivity index (χ4v) is 3.06. The topological polar surface area (TPSA) is 64.4 Å². The lowest BCUT2D eigenvalue weighted by Crippen LogP contribution is -2.47. The molecule has 1 aliphatic heterocycles. The summed E-state index contributed by atoms with van der Waals surface area (Å²) in [7, 11) is 0. The van der Waals surface area contributed by atoms with Gasteiger partial charge >= 0.3 is 0 Å². The van der Waals surface area contributed by atoms with E-state index < -0.39 is 6.04 Å². The molecule has 0 aromatic heterocycles. The van der Waals surface area contributed by atoms with Gasteiger partial charge in [0.25, 0.3) is 0 Å². The second-order valence-corrected chi connectivity index (χ2v) is 5.88. The standard InChI is InChI=1S/C14H24N2O3/c1-10(2)11-4-3-5-13(8-11)19-14-7-6-12(9-15-14)16(17)18/h11-15H,1,3-9H2,2H3. The highest BCUT2D eigenvalue weighted by atomic mass is 16.6. The average Bonchev–Trinajstić information content (AvgIpc) is 2.39. The minimum Gasteiger partial charge on any atom is -0.360 e. The smallest absolute Gasteiger partial charge is 0.225 e. The van der Waals surface area contributed by atoms with Crippen LogP contribution in [-0.2, 0) is 4.74 Å². The molecular formula is C14H24N2O3. The molecule has 1 N–H and O–H groups in total. The first-order valence-corrected chi connectivity index (χ1v) is 7.24. The molecule has 2 fully saturated rings. The molecule has 108 valence electrons. The predicted octanol–water partition coefficient (Wildman–Crippen LogP) is 2.49. The minimum absolute atomic E-state index is 0.00919. The first-order valence-electron chi connectivity index (χ1n) is 7.24. The zero-order valence-corrected chi connectivity index (χ0v) is 11.6. The fourth-order valence-electron chi connectivity index (χ4n) is 3.06. The lowest BCUT2D eigenvalue weighted by atomic mass is 9.83. The van der Waals surface area contributed by atoms with Crippen LogP contribution in [0.1, 0.15) is 45.4 Å². The Kier molecular flexibility index (Phi) is 4.93. The van der Waals surface area contributed by atoms with Gasteiger partial charge in [0.1, 0.15) is 6.23 Å². The van der Waals surface area contributed by atoms with Crippen LogP contribution in [0.2, 0.25) is 0 Å². The molecule has 1 saturated heterocycles. The Labute approximate surface area is 114 Å². The predicted molar refractivity (Wildman–Crippen MR) is 73.5 cm³/mol. The van der Waals surface area contributed by atoms with Crippen molar-refractivity contribution < 1.29 is 9.66 Å². The van der Waals surface area contributed by atoms with Crippen LogP contribution in [0.3, 0.4) is 0 Å². The SMILES string of the molecule is C=C(C)C1CCCC(OC2CCC([N+](=O)[O-])CN2)C1. The number of hydrogen-bond acceptors (Lipinski definition) is 4. The molecule has 4 unspecified atom stereocenters. The maximum absolute atomic E-state index is 10.7. The molecule has 1 heterocycles. The maximum Gasteiger partial charge on any atom is 0.225 e. The van der Waals surface area contributed by atoms with Gasteiger partial charge in [-0.05, 0) is 38.5 Å². The Morgan fingerprint density at radius 1 is 1.37 bits per heavy atom. The molecule has 0 radical (unpaired) electrons. The van der Waals surface area contributed by atoms with E-state index in [2.05, 4.69) is 18.8 Å². The number of piperidine rings is 1. The normalized spacial score (nSPS) is 35.8. The zero-order chi connectivity index (χ0) is 13.8. The van der Waals surface area contributed by atoms with E-state index in [-0.39, 0.29) is 17.3 Å². The van der Waals surface area contributed by atoms with Gasteiger partial charge < -0.3 is 4.74 Å². The van der Waals surface area contributed by atoms with Gasteiger partial charge in [-0.25, -0.2) is 0 Å². The molecule has 2 rings (SSSR count). The lowest BCUT2D eigenvalue weighted by molar-refractivity contribution is -0.524. The first kappa shape index (κ1) is 14.5. The van der Waals surface area contributed by atoms with Crippen molar-refractivity contribution in [2.45, 2.75) is 63.8 Å². The van der Waals surface area contributed by atoms with E-state index in [1.165, 1.54) is 18.4 Å². The van der Waals surface area contributed by atoms with Gasteiger partial charge in [0.2, 0.25) is 6.04 Å². The molecule has 0 aromatic rings. The van der Waals surface area contributed by atoms with Gasteiger partial charge in [-0.1, -0.05) is 18.6 Å². The molecule has 4 atom stereocenters. The van der Waals surface area contributed by atoms with Crippen molar-refractivity contribution in [2.75, 3.05) is 6.54 Å². The molecule has 0 amide bonds. The third-order valence-corrected chi connectivity index (χ3v) is 4.32. The van der Waals surface area contributed by atoms with E-state index in [9.17, 15) is 10.1 Å². The molecule has 0 spiro atoms. The minimum atomic E-state index is -0.450. The Morgan fingerprint density at radius 2 is 2.16 bits per heavy atom. The van der Waals surface area contributed by atoms with Crippen molar-refractivity contribution >= 4 is 0 Å². The number of ether oxygens (including phenoxy) is 1. The molecule has 0 aromatic carbocycles. The fraction of sp³-hybridized carbons (Fsp3) is 0.857. The van der Waals surface area contributed by atoms with Gasteiger partial charge in [-0.2, -0.15) is 0 Å². The van der Waals surface area contributed by atoms with Gasteiger partial charge in [0, 0.05) is 11.3 Å². The van der Waals surface area contributed by atoms with Crippen LogP contribution in [0, 0.1) is 16.0 Å². The van der Waals surface area contributed by atoms with Gasteiger partial charge in [0.15, 0.2) is 0 Å². The third-order valence-electron chi connectivity index (χ3n) is 4.32. The lowest BCUT2D eigenvalue weighted by Gasteiger charge is -2.34. The van der Waals surface area contributed by atoms with Crippen LogP contribution in [0.25, 0.3) is 0 Å². The number of nitrogens with one attached hydrogen (secondary N) is 1. The van der Waals surface area contributed by atoms with E-state index in [0.717, 1.165) is 19.3 Å². The maximum atomic E-state index is 10.7. The summed E-state index contributed by atoms with van der Waals surface area (Å²) in [6.45, 7) is 6.56. The van der Waals surface area contributed by atoms with Crippen LogP contribution in [-0.4, -0.2) is 29.8 Å². The highest BCUT2D eigenvalue weighted by Crippen LogP contribution is 2.31. The molecule has 5 heteroatoms. The number of rotatable bonds is 4. The van der Waals surface area contributed by atoms with Crippen LogP contribution < -0.4 is 5.32 Å². The average molecular weight is 268 g/mol. The van der Waals surface area contributed by atoms with Crippen molar-refractivity contribution in [3.05, 3.63) is 22.3 Å². The second-order valence-electron chi connectivity index (χ2n) is 5.88. The highest BCUT2D eigenvalue weighted by molar-refractivity contribution is 4.98. The van der Waals surface area contributed by atoms with E-state index in [0.29, 0.717) is 18.9 Å². The molecule has 5 nitrogen and oxygen atoms in total. The quantitative estimate of drug-likeness (QED) is 0.483. The molecular weight excluding hydrogens is 244 g/mol. The van der Waals surface area contributed by atoms with Crippen molar-refractivity contribution in [2.24, 2.45) is 5.92 Å². The summed E-state index contributed by atoms with van der Waals surface area (Å²) >= 11 is 0. The van der Waals surface area contributed by atoms with Crippen molar-refractivity contribution in [3.63, 3.8) is 0 Å². The summed E-state index contributed by atoms with van der Waals surface area (Å²) in [4.78, 5) is 10.5. The monoisotopic (exact) mass is 268 g/mol. The summed E-state index contributed by atoms with van der Waals surface area (Å²) in [5, 5.41) is 13.8. The number of hydrogen-bond donors (Lipinski definition) is 1. The van der Waals surface area contributed by atoms with Gasteiger partial charge in [0.05, 0.1) is 12.6 Å². The zero-order valence-electron chi connectivity index (χ0n) is 11.6. The summed E-state index contributed by atoms with van der Waals surface area (Å²) in [6, 6.07) is -0.450. The van der Waals surface area contributed by atoms with Crippen LogP contribution in [0.15, 0.2) is 12.2 Å². The van der Waals surface area contributed by atoms with Crippen LogP contribution >= 0.6 is 0 Å². The summed E-state index contributed by atoms with van der Waals surface area (Å²) in [5.74, 6) is 0.578. The van der Waals surface area contributed by atoms with E-state index >= 15 is 0 Å². The number of nitro groups is 1. The molecule has 0 bridgehead atoms. The van der Waals surface area contributed by atoms with Crippen molar-refractivity contribution in [3.8, 4) is 0 Å². The Bertz CT molecular complexity index is 338. The Hall–Kier alpha value is -0.940. The van der Waals surface area contributed by atoms with E-state index in [1.807, 2.05) is 0 Å². The van der Waals surface area contributed by atoms with Gasteiger partial charge in [-0.3, -0.25) is 15.4 Å². The highest BCUT2D eigenvalue weighted by Gasteiger charge is 2.31.